The van der Waals surface area contributed by atoms with E-state index in [-0.39, 0.29) is 11.5 Å². The second-order valence-corrected chi connectivity index (χ2v) is 6.65. The maximum Gasteiger partial charge on any atom is 0.254 e. The Kier molecular flexibility index (Phi) is 8.11. The zero-order valence-corrected chi connectivity index (χ0v) is 17.2. The molecule has 0 atom stereocenters. The molecule has 0 fully saturated rings. The number of benzene rings is 1. The van der Waals surface area contributed by atoms with Crippen molar-refractivity contribution in [3.05, 3.63) is 58.0 Å². The third kappa shape index (κ3) is 5.62. The number of rotatable bonds is 10. The maximum atomic E-state index is 12.9. The number of aryl methyl sites for hydroxylation is 1. The van der Waals surface area contributed by atoms with Crippen molar-refractivity contribution in [2.45, 2.75) is 40.2 Å². The number of aromatic nitrogens is 1. The fraction of sp³-hybridized carbons (Fsp3) is 0.455. The van der Waals surface area contributed by atoms with Crippen LogP contribution in [0.2, 0.25) is 0 Å². The Morgan fingerprint density at radius 1 is 1.04 bits per heavy atom. The van der Waals surface area contributed by atoms with E-state index in [0.29, 0.717) is 43.4 Å². The first-order valence-electron chi connectivity index (χ1n) is 9.84. The second kappa shape index (κ2) is 10.5. The summed E-state index contributed by atoms with van der Waals surface area (Å²) in [5.41, 5.74) is 1.17. The van der Waals surface area contributed by atoms with E-state index in [1.807, 2.05) is 32.0 Å². The molecule has 0 N–H and O–H groups in total. The number of hydrogen-bond donors (Lipinski definition) is 0. The molecule has 0 saturated heterocycles. The van der Waals surface area contributed by atoms with Crippen LogP contribution in [0.4, 0.5) is 0 Å². The maximum absolute atomic E-state index is 12.9. The first-order valence-corrected chi connectivity index (χ1v) is 9.84. The Balaban J connectivity index is 2.24. The van der Waals surface area contributed by atoms with Crippen molar-refractivity contribution in [2.24, 2.45) is 7.05 Å². The summed E-state index contributed by atoms with van der Waals surface area (Å²) in [5.74, 6) is 1.25. The van der Waals surface area contributed by atoms with Gasteiger partial charge in [-0.05, 0) is 43.5 Å². The molecule has 0 unspecified atom stereocenters. The van der Waals surface area contributed by atoms with Crippen LogP contribution >= 0.6 is 0 Å². The molecule has 1 heterocycles. The summed E-state index contributed by atoms with van der Waals surface area (Å²) < 4.78 is 12.9. The van der Waals surface area contributed by atoms with Gasteiger partial charge in [-0.25, -0.2) is 0 Å². The zero-order chi connectivity index (χ0) is 20.5. The molecule has 0 radical (unpaired) electrons. The summed E-state index contributed by atoms with van der Waals surface area (Å²) in [6.07, 6.45) is 3.36. The molecule has 6 nitrogen and oxygen atoms in total. The van der Waals surface area contributed by atoms with Crippen LogP contribution in [0.25, 0.3) is 0 Å². The van der Waals surface area contributed by atoms with Gasteiger partial charge in [0.2, 0.25) is 0 Å². The average molecular weight is 386 g/mol. The average Bonchev–Trinajstić information content (AvgIpc) is 2.69. The van der Waals surface area contributed by atoms with E-state index in [1.165, 1.54) is 10.6 Å². The van der Waals surface area contributed by atoms with Crippen molar-refractivity contribution in [2.75, 3.05) is 19.8 Å². The van der Waals surface area contributed by atoms with Crippen molar-refractivity contribution >= 4 is 5.91 Å². The first kappa shape index (κ1) is 21.5. The van der Waals surface area contributed by atoms with Crippen molar-refractivity contribution in [1.82, 2.24) is 9.47 Å². The van der Waals surface area contributed by atoms with E-state index in [0.717, 1.165) is 18.4 Å². The van der Waals surface area contributed by atoms with Crippen molar-refractivity contribution in [3.63, 3.8) is 0 Å². The molecule has 1 amide bonds. The number of hydrogen-bond acceptors (Lipinski definition) is 4. The molecular formula is C22H30N2O4. The van der Waals surface area contributed by atoms with Gasteiger partial charge >= 0.3 is 0 Å². The molecule has 6 heteroatoms. The number of pyridine rings is 1. The number of carbonyl (C=O) groups is 1. The van der Waals surface area contributed by atoms with Gasteiger partial charge in [0.25, 0.3) is 11.5 Å². The predicted octanol–water partition coefficient (Wildman–Crippen LogP) is 3.63. The summed E-state index contributed by atoms with van der Waals surface area (Å²) in [5, 5.41) is 0. The van der Waals surface area contributed by atoms with Crippen molar-refractivity contribution in [3.8, 4) is 11.5 Å². The predicted molar refractivity (Wildman–Crippen MR) is 110 cm³/mol. The highest BCUT2D eigenvalue weighted by Crippen LogP contribution is 2.29. The molecule has 0 aliphatic heterocycles. The van der Waals surface area contributed by atoms with Crippen LogP contribution in [0.3, 0.4) is 0 Å². The Morgan fingerprint density at radius 2 is 1.82 bits per heavy atom. The lowest BCUT2D eigenvalue weighted by Crippen LogP contribution is -2.32. The minimum Gasteiger partial charge on any atom is -0.490 e. The van der Waals surface area contributed by atoms with Crippen LogP contribution in [0, 0.1) is 0 Å². The van der Waals surface area contributed by atoms with Gasteiger partial charge in [-0.15, -0.1) is 0 Å². The topological polar surface area (TPSA) is 60.8 Å². The van der Waals surface area contributed by atoms with Crippen LogP contribution < -0.4 is 15.0 Å². The van der Waals surface area contributed by atoms with E-state index < -0.39 is 0 Å². The summed E-state index contributed by atoms with van der Waals surface area (Å²) in [7, 11) is 1.66. The van der Waals surface area contributed by atoms with Gasteiger partial charge in [-0.2, -0.15) is 0 Å². The van der Waals surface area contributed by atoms with Gasteiger partial charge in [0.15, 0.2) is 11.5 Å². The normalized spacial score (nSPS) is 10.6. The lowest BCUT2D eigenvalue weighted by atomic mass is 10.1. The SMILES string of the molecule is CCCOc1ccc(CN(CCC)C(=O)c2ccn(C)c(=O)c2)cc1OCC. The highest BCUT2D eigenvalue weighted by Gasteiger charge is 2.17. The van der Waals surface area contributed by atoms with Crippen LogP contribution in [0.5, 0.6) is 11.5 Å². The Labute approximate surface area is 166 Å². The molecule has 2 rings (SSSR count). The molecule has 28 heavy (non-hydrogen) atoms. The number of carbonyl (C=O) groups excluding carboxylic acids is 1. The monoisotopic (exact) mass is 386 g/mol. The standard InChI is InChI=1S/C22H30N2O4/c1-5-11-24(22(26)18-10-12-23(4)21(25)15-18)16-17-8-9-19(28-13-6-2)20(14-17)27-7-3/h8-10,12,14-15H,5-7,11,13,16H2,1-4H3. The molecule has 0 bridgehead atoms. The van der Waals surface area contributed by atoms with Crippen LogP contribution in [-0.2, 0) is 13.6 Å². The second-order valence-electron chi connectivity index (χ2n) is 6.65. The molecule has 1 aromatic heterocycles. The van der Waals surface area contributed by atoms with Gasteiger partial charge < -0.3 is 18.9 Å². The van der Waals surface area contributed by atoms with Gasteiger partial charge in [-0.1, -0.05) is 19.9 Å². The van der Waals surface area contributed by atoms with E-state index in [2.05, 4.69) is 6.92 Å². The number of amides is 1. The smallest absolute Gasteiger partial charge is 0.254 e. The largest absolute Gasteiger partial charge is 0.490 e. The minimum atomic E-state index is -0.196. The molecule has 0 aliphatic carbocycles. The third-order valence-electron chi connectivity index (χ3n) is 4.28. The first-order chi connectivity index (χ1) is 13.5. The van der Waals surface area contributed by atoms with Gasteiger partial charge in [0.1, 0.15) is 0 Å². The highest BCUT2D eigenvalue weighted by molar-refractivity contribution is 5.94. The highest BCUT2D eigenvalue weighted by atomic mass is 16.5. The van der Waals surface area contributed by atoms with Crippen LogP contribution in [0.1, 0.15) is 49.5 Å². The molecular weight excluding hydrogens is 356 g/mol. The molecule has 1 aromatic carbocycles. The zero-order valence-electron chi connectivity index (χ0n) is 17.2. The lowest BCUT2D eigenvalue weighted by molar-refractivity contribution is 0.0742. The summed E-state index contributed by atoms with van der Waals surface area (Å²) in [4.78, 5) is 26.6. The van der Waals surface area contributed by atoms with Gasteiger partial charge in [0.05, 0.1) is 13.2 Å². The van der Waals surface area contributed by atoms with Gasteiger partial charge in [0, 0.05) is 38.0 Å². The fourth-order valence-corrected chi connectivity index (χ4v) is 2.86. The summed E-state index contributed by atoms with van der Waals surface area (Å²) in [6, 6.07) is 8.84. The molecule has 0 saturated carbocycles. The minimum absolute atomic E-state index is 0.149. The molecule has 0 spiro atoms. The summed E-state index contributed by atoms with van der Waals surface area (Å²) in [6.45, 7) is 8.22. The van der Waals surface area contributed by atoms with Gasteiger partial charge in [-0.3, -0.25) is 9.59 Å². The Morgan fingerprint density at radius 3 is 2.46 bits per heavy atom. The van der Waals surface area contributed by atoms with E-state index >= 15 is 0 Å². The van der Waals surface area contributed by atoms with Crippen molar-refractivity contribution < 1.29 is 14.3 Å². The van der Waals surface area contributed by atoms with Crippen molar-refractivity contribution in [1.29, 1.82) is 0 Å². The number of ether oxygens (including phenoxy) is 2. The quantitative estimate of drug-likeness (QED) is 0.626. The summed E-state index contributed by atoms with van der Waals surface area (Å²) >= 11 is 0. The Hall–Kier alpha value is -2.76. The fourth-order valence-electron chi connectivity index (χ4n) is 2.86. The van der Waals surface area contributed by atoms with E-state index in [4.69, 9.17) is 9.47 Å². The van der Waals surface area contributed by atoms with E-state index in [9.17, 15) is 9.59 Å². The van der Waals surface area contributed by atoms with Crippen LogP contribution in [-0.4, -0.2) is 35.1 Å². The molecule has 2 aromatic rings. The van der Waals surface area contributed by atoms with E-state index in [1.54, 1.807) is 24.2 Å². The van der Waals surface area contributed by atoms with Crippen LogP contribution in [0.15, 0.2) is 41.3 Å². The lowest BCUT2D eigenvalue weighted by Gasteiger charge is -2.23. The molecule has 0 aliphatic rings. The number of nitrogens with zero attached hydrogens (tertiary/aromatic N) is 2. The third-order valence-corrected chi connectivity index (χ3v) is 4.28. The molecule has 152 valence electrons. The Bertz CT molecular complexity index is 845.